The second kappa shape index (κ2) is 7.28. The first-order valence-corrected chi connectivity index (χ1v) is 8.72. The van der Waals surface area contributed by atoms with Gasteiger partial charge in [-0.3, -0.25) is 4.79 Å². The summed E-state index contributed by atoms with van der Waals surface area (Å²) in [6.45, 7) is 3.60. The number of nitrogens with zero attached hydrogens (tertiary/aromatic N) is 1. The predicted octanol–water partition coefficient (Wildman–Crippen LogP) is 3.84. The molecule has 0 spiro atoms. The Morgan fingerprint density at radius 3 is 2.59 bits per heavy atom. The lowest BCUT2D eigenvalue weighted by atomic mass is 9.93. The lowest BCUT2D eigenvalue weighted by Crippen LogP contribution is -2.45. The zero-order valence-corrected chi connectivity index (χ0v) is 13.6. The molecule has 3 rings (SSSR count). The van der Waals surface area contributed by atoms with Crippen LogP contribution in [0.3, 0.4) is 0 Å². The number of amides is 1. The van der Waals surface area contributed by atoms with E-state index in [0.717, 1.165) is 38.8 Å². The van der Waals surface area contributed by atoms with E-state index in [4.69, 9.17) is 4.74 Å². The van der Waals surface area contributed by atoms with Gasteiger partial charge in [-0.05, 0) is 43.7 Å². The largest absolute Gasteiger partial charge is 0.368 e. The van der Waals surface area contributed by atoms with Crippen molar-refractivity contribution in [2.24, 2.45) is 0 Å². The first kappa shape index (κ1) is 15.5. The fraction of sp³-hybridized carbons (Fsp3) is 0.632. The summed E-state index contributed by atoms with van der Waals surface area (Å²) in [6, 6.07) is 8.80. The van der Waals surface area contributed by atoms with E-state index < -0.39 is 0 Å². The van der Waals surface area contributed by atoms with E-state index in [1.807, 2.05) is 0 Å². The zero-order chi connectivity index (χ0) is 15.4. The molecular formula is C19H27NO2. The number of ether oxygens (including phenoxy) is 1. The molecule has 120 valence electrons. The summed E-state index contributed by atoms with van der Waals surface area (Å²) in [5.41, 5.74) is 2.53. The Balaban J connectivity index is 1.78. The van der Waals surface area contributed by atoms with E-state index in [1.54, 1.807) is 0 Å². The number of benzene rings is 1. The summed E-state index contributed by atoms with van der Waals surface area (Å²) < 4.78 is 5.66. The van der Waals surface area contributed by atoms with Crippen LogP contribution in [0.2, 0.25) is 0 Å². The van der Waals surface area contributed by atoms with Crippen LogP contribution in [-0.4, -0.2) is 29.6 Å². The van der Waals surface area contributed by atoms with Gasteiger partial charge in [0.15, 0.2) is 0 Å². The Morgan fingerprint density at radius 2 is 1.91 bits per heavy atom. The average Bonchev–Trinajstić information content (AvgIpc) is 3.09. The molecule has 1 atom stereocenters. The van der Waals surface area contributed by atoms with E-state index in [-0.39, 0.29) is 12.0 Å². The summed E-state index contributed by atoms with van der Waals surface area (Å²) in [4.78, 5) is 15.1. The maximum Gasteiger partial charge on any atom is 0.252 e. The number of rotatable bonds is 4. The van der Waals surface area contributed by atoms with Gasteiger partial charge < -0.3 is 9.64 Å². The molecule has 2 aliphatic rings. The van der Waals surface area contributed by atoms with Crippen LogP contribution in [0.25, 0.3) is 0 Å². The molecule has 0 radical (unpaired) electrons. The molecule has 1 saturated heterocycles. The molecule has 2 fully saturated rings. The second-order valence-electron chi connectivity index (χ2n) is 6.69. The topological polar surface area (TPSA) is 29.5 Å². The first-order chi connectivity index (χ1) is 10.8. The van der Waals surface area contributed by atoms with Crippen LogP contribution >= 0.6 is 0 Å². The van der Waals surface area contributed by atoms with Gasteiger partial charge in [0.25, 0.3) is 5.91 Å². The smallest absolute Gasteiger partial charge is 0.252 e. The molecule has 1 aromatic carbocycles. The Bertz CT molecular complexity index is 502. The number of hydrogen-bond donors (Lipinski definition) is 0. The van der Waals surface area contributed by atoms with E-state index in [0.29, 0.717) is 6.04 Å². The summed E-state index contributed by atoms with van der Waals surface area (Å²) in [6.07, 6.45) is 7.78. The summed E-state index contributed by atoms with van der Waals surface area (Å²) in [7, 11) is 0. The van der Waals surface area contributed by atoms with E-state index in [9.17, 15) is 4.79 Å². The van der Waals surface area contributed by atoms with Crippen molar-refractivity contribution in [3.8, 4) is 0 Å². The van der Waals surface area contributed by atoms with Crippen molar-refractivity contribution in [2.75, 3.05) is 6.61 Å². The monoisotopic (exact) mass is 301 g/mol. The van der Waals surface area contributed by atoms with Gasteiger partial charge in [-0.2, -0.15) is 0 Å². The van der Waals surface area contributed by atoms with Crippen LogP contribution in [0.4, 0.5) is 0 Å². The Hall–Kier alpha value is -1.35. The first-order valence-electron chi connectivity index (χ1n) is 8.72. The summed E-state index contributed by atoms with van der Waals surface area (Å²) in [5.74, 6) is 0.215. The molecule has 0 N–H and O–H groups in total. The standard InChI is InChI=1S/C19H27NO2/c1-15-8-5-6-9-16(15)14-20(17-10-3-2-4-11-17)19(21)18-12-7-13-22-18/h5-6,8-9,17-18H,2-4,7,10-14H2,1H3/t18-/m1/s1. The highest BCUT2D eigenvalue weighted by atomic mass is 16.5. The van der Waals surface area contributed by atoms with Gasteiger partial charge in [0.1, 0.15) is 6.10 Å². The molecule has 1 saturated carbocycles. The minimum Gasteiger partial charge on any atom is -0.368 e. The maximum atomic E-state index is 13.0. The zero-order valence-electron chi connectivity index (χ0n) is 13.6. The van der Waals surface area contributed by atoms with Gasteiger partial charge in [0.05, 0.1) is 0 Å². The molecule has 1 aliphatic heterocycles. The van der Waals surface area contributed by atoms with Crippen molar-refractivity contribution in [3.63, 3.8) is 0 Å². The van der Waals surface area contributed by atoms with Crippen LogP contribution in [0, 0.1) is 6.92 Å². The van der Waals surface area contributed by atoms with Gasteiger partial charge in [0, 0.05) is 19.2 Å². The molecule has 1 aliphatic carbocycles. The molecule has 3 nitrogen and oxygen atoms in total. The van der Waals surface area contributed by atoms with Crippen molar-refractivity contribution in [3.05, 3.63) is 35.4 Å². The van der Waals surface area contributed by atoms with Gasteiger partial charge in [-0.25, -0.2) is 0 Å². The quantitative estimate of drug-likeness (QED) is 0.845. The summed E-state index contributed by atoms with van der Waals surface area (Å²) >= 11 is 0. The molecule has 0 unspecified atom stereocenters. The highest BCUT2D eigenvalue weighted by Crippen LogP contribution is 2.27. The number of hydrogen-bond acceptors (Lipinski definition) is 2. The average molecular weight is 301 g/mol. The summed E-state index contributed by atoms with van der Waals surface area (Å²) in [5, 5.41) is 0. The second-order valence-corrected chi connectivity index (χ2v) is 6.69. The molecule has 3 heteroatoms. The van der Waals surface area contributed by atoms with E-state index in [2.05, 4.69) is 36.1 Å². The SMILES string of the molecule is Cc1ccccc1CN(C(=O)[C@H]1CCCO1)C1CCCCC1. The van der Waals surface area contributed by atoms with Crippen molar-refractivity contribution >= 4 is 5.91 Å². The van der Waals surface area contributed by atoms with Crippen molar-refractivity contribution < 1.29 is 9.53 Å². The van der Waals surface area contributed by atoms with Gasteiger partial charge in [0.2, 0.25) is 0 Å². The lowest BCUT2D eigenvalue weighted by Gasteiger charge is -2.36. The van der Waals surface area contributed by atoms with E-state index >= 15 is 0 Å². The normalized spacial score (nSPS) is 22.7. The van der Waals surface area contributed by atoms with Crippen LogP contribution in [0.5, 0.6) is 0 Å². The molecule has 0 bridgehead atoms. The predicted molar refractivity (Wildman–Crippen MR) is 87.6 cm³/mol. The number of carbonyl (C=O) groups is 1. The third kappa shape index (κ3) is 3.52. The number of aryl methyl sites for hydroxylation is 1. The van der Waals surface area contributed by atoms with E-state index in [1.165, 1.54) is 30.4 Å². The van der Waals surface area contributed by atoms with Crippen molar-refractivity contribution in [1.29, 1.82) is 0 Å². The third-order valence-electron chi connectivity index (χ3n) is 5.11. The minimum atomic E-state index is -0.203. The molecule has 1 heterocycles. The third-order valence-corrected chi connectivity index (χ3v) is 5.11. The van der Waals surface area contributed by atoms with Gasteiger partial charge in [-0.1, -0.05) is 43.5 Å². The van der Waals surface area contributed by atoms with Crippen LogP contribution < -0.4 is 0 Å². The van der Waals surface area contributed by atoms with Crippen molar-refractivity contribution in [2.45, 2.75) is 70.6 Å². The van der Waals surface area contributed by atoms with Crippen LogP contribution in [0.15, 0.2) is 24.3 Å². The van der Waals surface area contributed by atoms with Crippen LogP contribution in [-0.2, 0) is 16.1 Å². The van der Waals surface area contributed by atoms with Gasteiger partial charge >= 0.3 is 0 Å². The van der Waals surface area contributed by atoms with Crippen LogP contribution in [0.1, 0.15) is 56.1 Å². The molecule has 22 heavy (non-hydrogen) atoms. The molecule has 0 aromatic heterocycles. The lowest BCUT2D eigenvalue weighted by molar-refractivity contribution is -0.144. The Labute approximate surface area is 133 Å². The fourth-order valence-corrected chi connectivity index (χ4v) is 3.71. The Kier molecular flexibility index (Phi) is 5.14. The molecular weight excluding hydrogens is 274 g/mol. The molecule has 1 amide bonds. The fourth-order valence-electron chi connectivity index (χ4n) is 3.71. The Morgan fingerprint density at radius 1 is 1.14 bits per heavy atom. The highest BCUT2D eigenvalue weighted by Gasteiger charge is 2.33. The molecule has 1 aromatic rings. The van der Waals surface area contributed by atoms with Crippen molar-refractivity contribution in [1.82, 2.24) is 4.90 Å². The van der Waals surface area contributed by atoms with Gasteiger partial charge in [-0.15, -0.1) is 0 Å². The maximum absolute atomic E-state index is 13.0. The highest BCUT2D eigenvalue weighted by molar-refractivity contribution is 5.81. The number of carbonyl (C=O) groups excluding carboxylic acids is 1. The minimum absolute atomic E-state index is 0.203.